The van der Waals surface area contributed by atoms with Gasteiger partial charge in [0.05, 0.1) is 0 Å². The lowest BCUT2D eigenvalue weighted by Crippen LogP contribution is -2.36. The molecular formula is C13H13FN4O5S. The summed E-state index contributed by atoms with van der Waals surface area (Å²) in [7, 11) is -4.11. The monoisotopic (exact) mass is 356 g/mol. The van der Waals surface area contributed by atoms with Crippen molar-refractivity contribution in [3.05, 3.63) is 34.9 Å². The quantitative estimate of drug-likeness (QED) is 0.694. The fourth-order valence-corrected chi connectivity index (χ4v) is 3.21. The molecule has 2 aliphatic heterocycles. The zero-order valence-electron chi connectivity index (χ0n) is 12.3. The number of sulfonamides is 1. The summed E-state index contributed by atoms with van der Waals surface area (Å²) >= 11 is 0. The summed E-state index contributed by atoms with van der Waals surface area (Å²) in [4.78, 5) is 28.9. The van der Waals surface area contributed by atoms with Gasteiger partial charge in [0.25, 0.3) is 5.91 Å². The highest BCUT2D eigenvalue weighted by Gasteiger charge is 2.35. The summed E-state index contributed by atoms with van der Waals surface area (Å²) in [5, 5.41) is 13.8. The van der Waals surface area contributed by atoms with E-state index in [1.807, 2.05) is 0 Å². The fraction of sp³-hybridized carbons (Fsp3) is 0.308. The first kappa shape index (κ1) is 16.3. The molecule has 0 spiro atoms. The SMILES string of the molecule is NS(=O)(=O)c1cnc(C(=O)N2CC3=C(CN(C(=O)O)C3)C2)c(F)c1. The average Bonchev–Trinajstić information content (AvgIpc) is 3.03. The van der Waals surface area contributed by atoms with Gasteiger partial charge in [0, 0.05) is 32.4 Å². The predicted molar refractivity (Wildman–Crippen MR) is 78.1 cm³/mol. The molecule has 9 nitrogen and oxygen atoms in total. The number of hydrogen-bond donors (Lipinski definition) is 2. The second kappa shape index (κ2) is 5.53. The van der Waals surface area contributed by atoms with Gasteiger partial charge in [0.15, 0.2) is 11.5 Å². The predicted octanol–water partition coefficient (Wildman–Crippen LogP) is -0.386. The first-order chi connectivity index (χ1) is 11.2. The number of nitrogens with two attached hydrogens (primary N) is 1. The Morgan fingerprint density at radius 3 is 2.17 bits per heavy atom. The number of nitrogens with zero attached hydrogens (tertiary/aromatic N) is 3. The summed E-state index contributed by atoms with van der Waals surface area (Å²) in [6.07, 6.45) is -0.205. The molecule has 3 heterocycles. The van der Waals surface area contributed by atoms with Crippen molar-refractivity contribution in [1.82, 2.24) is 14.8 Å². The van der Waals surface area contributed by atoms with Crippen LogP contribution in [-0.2, 0) is 10.0 Å². The topological polar surface area (TPSA) is 134 Å². The van der Waals surface area contributed by atoms with Crippen LogP contribution in [0.25, 0.3) is 0 Å². The van der Waals surface area contributed by atoms with Gasteiger partial charge in [0.1, 0.15) is 4.90 Å². The molecule has 0 aromatic carbocycles. The maximum absolute atomic E-state index is 14.0. The van der Waals surface area contributed by atoms with Gasteiger partial charge in [-0.05, 0) is 17.2 Å². The second-order valence-corrected chi connectivity index (χ2v) is 7.11. The molecule has 0 radical (unpaired) electrons. The zero-order valence-corrected chi connectivity index (χ0v) is 13.1. The van der Waals surface area contributed by atoms with E-state index in [4.69, 9.17) is 10.2 Å². The van der Waals surface area contributed by atoms with E-state index in [-0.39, 0.29) is 26.2 Å². The van der Waals surface area contributed by atoms with Gasteiger partial charge in [0.2, 0.25) is 10.0 Å². The summed E-state index contributed by atoms with van der Waals surface area (Å²) in [5.74, 6) is -1.77. The molecule has 0 bridgehead atoms. The Morgan fingerprint density at radius 2 is 1.71 bits per heavy atom. The van der Waals surface area contributed by atoms with Gasteiger partial charge in [-0.15, -0.1) is 0 Å². The number of hydrogen-bond acceptors (Lipinski definition) is 5. The first-order valence-corrected chi connectivity index (χ1v) is 8.36. The third kappa shape index (κ3) is 2.83. The Hall–Kier alpha value is -2.53. The van der Waals surface area contributed by atoms with E-state index in [0.717, 1.165) is 17.3 Å². The number of carboxylic acid groups (broad SMARTS) is 1. The van der Waals surface area contributed by atoms with Crippen LogP contribution >= 0.6 is 0 Å². The van der Waals surface area contributed by atoms with Crippen LogP contribution < -0.4 is 5.14 Å². The summed E-state index contributed by atoms with van der Waals surface area (Å²) < 4.78 is 36.3. The van der Waals surface area contributed by atoms with Crippen LogP contribution in [0.2, 0.25) is 0 Å². The van der Waals surface area contributed by atoms with Crippen molar-refractivity contribution in [2.45, 2.75) is 4.90 Å². The number of primary sulfonamides is 1. The molecule has 1 aromatic rings. The number of halogens is 1. The van der Waals surface area contributed by atoms with Crippen molar-refractivity contribution < 1.29 is 27.5 Å². The number of rotatable bonds is 2. The molecule has 0 atom stereocenters. The lowest BCUT2D eigenvalue weighted by molar-refractivity contribution is 0.0779. The molecular weight excluding hydrogens is 343 g/mol. The Labute approximate surface area is 136 Å². The fourth-order valence-electron chi connectivity index (χ4n) is 2.74. The lowest BCUT2D eigenvalue weighted by atomic mass is 10.2. The minimum atomic E-state index is -4.11. The molecule has 0 saturated heterocycles. The zero-order chi connectivity index (χ0) is 17.6. The molecule has 0 fully saturated rings. The normalized spacial score (nSPS) is 17.4. The van der Waals surface area contributed by atoms with Gasteiger partial charge < -0.3 is 14.9 Å². The standard InChI is InChI=1S/C13H13FN4O5S/c14-10-1-9(24(15,22)23)2-16-11(10)12(19)17-3-7-5-18(13(20)21)6-8(7)4-17/h1-2H,3-6H2,(H,20,21)(H2,15,22,23). The smallest absolute Gasteiger partial charge is 0.407 e. The van der Waals surface area contributed by atoms with Gasteiger partial charge in [-0.2, -0.15) is 0 Å². The molecule has 3 N–H and O–H groups in total. The van der Waals surface area contributed by atoms with Crippen molar-refractivity contribution in [2.75, 3.05) is 26.2 Å². The van der Waals surface area contributed by atoms with Crippen LogP contribution in [0, 0.1) is 5.82 Å². The highest BCUT2D eigenvalue weighted by molar-refractivity contribution is 7.89. The molecule has 2 amide bonds. The van der Waals surface area contributed by atoms with Crippen LogP contribution in [-0.4, -0.2) is 66.5 Å². The van der Waals surface area contributed by atoms with Gasteiger partial charge >= 0.3 is 6.09 Å². The van der Waals surface area contributed by atoms with E-state index >= 15 is 0 Å². The highest BCUT2D eigenvalue weighted by Crippen LogP contribution is 2.27. The van der Waals surface area contributed by atoms with E-state index in [0.29, 0.717) is 6.07 Å². The molecule has 0 unspecified atom stereocenters. The highest BCUT2D eigenvalue weighted by atomic mass is 32.2. The Balaban J connectivity index is 1.75. The van der Waals surface area contributed by atoms with Gasteiger partial charge in [-0.25, -0.2) is 27.7 Å². The van der Waals surface area contributed by atoms with E-state index in [9.17, 15) is 22.4 Å². The lowest BCUT2D eigenvalue weighted by Gasteiger charge is -2.21. The number of carbonyl (C=O) groups excluding carboxylic acids is 1. The molecule has 2 aliphatic rings. The minimum Gasteiger partial charge on any atom is -0.465 e. The molecule has 3 rings (SSSR count). The number of amides is 2. The third-order valence-electron chi connectivity index (χ3n) is 3.93. The molecule has 0 aliphatic carbocycles. The Bertz CT molecular complexity index is 864. The van der Waals surface area contributed by atoms with Gasteiger partial charge in [-0.3, -0.25) is 4.79 Å². The first-order valence-electron chi connectivity index (χ1n) is 6.82. The maximum atomic E-state index is 14.0. The molecule has 24 heavy (non-hydrogen) atoms. The van der Waals surface area contributed by atoms with Crippen LogP contribution in [0.4, 0.5) is 9.18 Å². The summed E-state index contributed by atoms with van der Waals surface area (Å²) in [6.45, 7) is 0.815. The van der Waals surface area contributed by atoms with Crippen LogP contribution in [0.5, 0.6) is 0 Å². The van der Waals surface area contributed by atoms with Crippen LogP contribution in [0.15, 0.2) is 28.3 Å². The molecule has 128 valence electrons. The van der Waals surface area contributed by atoms with Crippen molar-refractivity contribution in [3.8, 4) is 0 Å². The van der Waals surface area contributed by atoms with E-state index in [1.165, 1.54) is 9.80 Å². The number of pyridine rings is 1. The summed E-state index contributed by atoms with van der Waals surface area (Å²) in [6, 6.07) is 0.652. The minimum absolute atomic E-state index is 0.190. The summed E-state index contributed by atoms with van der Waals surface area (Å²) in [5.41, 5.74) is 1.12. The van der Waals surface area contributed by atoms with Crippen LogP contribution in [0.3, 0.4) is 0 Å². The van der Waals surface area contributed by atoms with E-state index in [2.05, 4.69) is 4.98 Å². The Kier molecular flexibility index (Phi) is 3.76. The van der Waals surface area contributed by atoms with Crippen molar-refractivity contribution in [1.29, 1.82) is 0 Å². The molecule has 1 aromatic heterocycles. The number of aromatic nitrogens is 1. The largest absolute Gasteiger partial charge is 0.465 e. The third-order valence-corrected chi connectivity index (χ3v) is 4.81. The molecule has 0 saturated carbocycles. The second-order valence-electron chi connectivity index (χ2n) is 5.55. The van der Waals surface area contributed by atoms with E-state index < -0.39 is 38.4 Å². The van der Waals surface area contributed by atoms with Gasteiger partial charge in [-0.1, -0.05) is 0 Å². The van der Waals surface area contributed by atoms with E-state index in [1.54, 1.807) is 0 Å². The average molecular weight is 356 g/mol. The van der Waals surface area contributed by atoms with Crippen molar-refractivity contribution in [2.24, 2.45) is 5.14 Å². The Morgan fingerprint density at radius 1 is 1.17 bits per heavy atom. The van der Waals surface area contributed by atoms with Crippen molar-refractivity contribution in [3.63, 3.8) is 0 Å². The molecule has 11 heteroatoms. The number of carbonyl (C=O) groups is 2. The van der Waals surface area contributed by atoms with Crippen LogP contribution in [0.1, 0.15) is 10.5 Å². The maximum Gasteiger partial charge on any atom is 0.407 e. The van der Waals surface area contributed by atoms with Crippen molar-refractivity contribution >= 4 is 22.0 Å².